The first-order valence-corrected chi connectivity index (χ1v) is 7.77. The maximum absolute atomic E-state index is 12.0. The number of carboxylic acids is 1. The van der Waals surface area contributed by atoms with Crippen LogP contribution in [0.4, 0.5) is 10.5 Å². The molecule has 7 heteroatoms. The molecular weight excluding hydrogens is 378 g/mol. The number of nitrogens with one attached hydrogen (secondary N) is 1. The first-order chi connectivity index (χ1) is 11.6. The molecule has 0 saturated carbocycles. The van der Waals surface area contributed by atoms with Gasteiger partial charge in [0.25, 0.3) is 0 Å². The highest BCUT2D eigenvalue weighted by Gasteiger charge is 2.23. The van der Waals surface area contributed by atoms with Gasteiger partial charge in [-0.05, 0) is 33.6 Å². The summed E-state index contributed by atoms with van der Waals surface area (Å²) in [5, 5.41) is 12.2. The normalized spacial score (nSPS) is 10.5. The van der Waals surface area contributed by atoms with E-state index in [1.165, 1.54) is 0 Å². The molecule has 0 saturated heterocycles. The SMILES string of the molecule is O=C(Nc1c(C(=O)O)oc2cccc(Br)c12)OCc1ccccc1. The monoisotopic (exact) mass is 389 g/mol. The lowest BCUT2D eigenvalue weighted by molar-refractivity contribution is 0.0666. The minimum Gasteiger partial charge on any atom is -0.475 e. The van der Waals surface area contributed by atoms with Crippen molar-refractivity contribution in [2.75, 3.05) is 5.32 Å². The van der Waals surface area contributed by atoms with Gasteiger partial charge >= 0.3 is 12.1 Å². The Morgan fingerprint density at radius 3 is 2.58 bits per heavy atom. The van der Waals surface area contributed by atoms with E-state index in [-0.39, 0.29) is 18.1 Å². The molecule has 3 rings (SSSR count). The van der Waals surface area contributed by atoms with E-state index in [1.807, 2.05) is 30.3 Å². The van der Waals surface area contributed by atoms with Crippen LogP contribution in [0.2, 0.25) is 0 Å². The molecule has 2 N–H and O–H groups in total. The highest BCUT2D eigenvalue weighted by molar-refractivity contribution is 9.10. The summed E-state index contributed by atoms with van der Waals surface area (Å²) in [4.78, 5) is 23.4. The minimum atomic E-state index is -1.28. The molecule has 122 valence electrons. The van der Waals surface area contributed by atoms with E-state index in [9.17, 15) is 14.7 Å². The van der Waals surface area contributed by atoms with Crippen molar-refractivity contribution < 1.29 is 23.8 Å². The summed E-state index contributed by atoms with van der Waals surface area (Å²) < 4.78 is 11.0. The van der Waals surface area contributed by atoms with E-state index in [2.05, 4.69) is 21.2 Å². The molecule has 1 amide bonds. The molecule has 0 radical (unpaired) electrons. The Labute approximate surface area is 145 Å². The van der Waals surface area contributed by atoms with Gasteiger partial charge in [0.15, 0.2) is 0 Å². The molecule has 0 aliphatic rings. The number of hydrogen-bond acceptors (Lipinski definition) is 4. The van der Waals surface area contributed by atoms with E-state index < -0.39 is 12.1 Å². The summed E-state index contributed by atoms with van der Waals surface area (Å²) in [6.45, 7) is 0.0754. The summed E-state index contributed by atoms with van der Waals surface area (Å²) in [5.41, 5.74) is 1.23. The van der Waals surface area contributed by atoms with Crippen molar-refractivity contribution in [3.63, 3.8) is 0 Å². The number of carbonyl (C=O) groups is 2. The molecule has 6 nitrogen and oxygen atoms in total. The van der Waals surface area contributed by atoms with E-state index in [0.29, 0.717) is 15.4 Å². The third-order valence-corrected chi connectivity index (χ3v) is 3.96. The maximum Gasteiger partial charge on any atom is 0.412 e. The minimum absolute atomic E-state index is 0.0584. The largest absolute Gasteiger partial charge is 0.475 e. The zero-order valence-electron chi connectivity index (χ0n) is 12.3. The third-order valence-electron chi connectivity index (χ3n) is 3.30. The molecule has 0 aliphatic heterocycles. The number of carbonyl (C=O) groups excluding carboxylic acids is 1. The van der Waals surface area contributed by atoms with Crippen molar-refractivity contribution in [3.05, 3.63) is 64.3 Å². The van der Waals surface area contributed by atoms with Gasteiger partial charge in [0.2, 0.25) is 5.76 Å². The van der Waals surface area contributed by atoms with Gasteiger partial charge in [-0.3, -0.25) is 5.32 Å². The standard InChI is InChI=1S/C17H12BrNO5/c18-11-7-4-8-12-13(11)14(15(24-12)16(20)21)19-17(22)23-9-10-5-2-1-3-6-10/h1-8H,9H2,(H,19,22)(H,20,21). The molecule has 0 fully saturated rings. The van der Waals surface area contributed by atoms with E-state index in [4.69, 9.17) is 9.15 Å². The number of rotatable bonds is 4. The van der Waals surface area contributed by atoms with Crippen LogP contribution in [0.1, 0.15) is 16.1 Å². The van der Waals surface area contributed by atoms with Crippen LogP contribution in [-0.2, 0) is 11.3 Å². The van der Waals surface area contributed by atoms with E-state index in [1.54, 1.807) is 18.2 Å². The zero-order chi connectivity index (χ0) is 17.1. The molecule has 2 aromatic carbocycles. The number of benzene rings is 2. The lowest BCUT2D eigenvalue weighted by Gasteiger charge is -2.07. The van der Waals surface area contributed by atoms with Crippen LogP contribution in [0, 0.1) is 0 Å². The Hall–Kier alpha value is -2.80. The van der Waals surface area contributed by atoms with Gasteiger partial charge in [-0.2, -0.15) is 0 Å². The van der Waals surface area contributed by atoms with Crippen molar-refractivity contribution in [2.24, 2.45) is 0 Å². The molecule has 1 aromatic heterocycles. The number of ether oxygens (including phenoxy) is 1. The molecule has 0 unspecified atom stereocenters. The van der Waals surface area contributed by atoms with Gasteiger partial charge in [-0.15, -0.1) is 0 Å². The van der Waals surface area contributed by atoms with Crippen LogP contribution in [0.5, 0.6) is 0 Å². The Balaban J connectivity index is 1.84. The van der Waals surface area contributed by atoms with Crippen LogP contribution in [0.25, 0.3) is 11.0 Å². The predicted molar refractivity (Wildman–Crippen MR) is 91.1 cm³/mol. The summed E-state index contributed by atoms with van der Waals surface area (Å²) in [5.74, 6) is -1.63. The van der Waals surface area contributed by atoms with Crippen LogP contribution in [-0.4, -0.2) is 17.2 Å². The number of amides is 1. The topological polar surface area (TPSA) is 88.8 Å². The predicted octanol–water partition coefficient (Wildman–Crippen LogP) is 4.64. The average molecular weight is 390 g/mol. The molecule has 0 aliphatic carbocycles. The van der Waals surface area contributed by atoms with Crippen LogP contribution in [0.3, 0.4) is 0 Å². The van der Waals surface area contributed by atoms with Crippen molar-refractivity contribution >= 4 is 44.6 Å². The maximum atomic E-state index is 12.0. The third kappa shape index (κ3) is 3.26. The fourth-order valence-corrected chi connectivity index (χ4v) is 2.78. The summed E-state index contributed by atoms with van der Waals surface area (Å²) in [7, 11) is 0. The lowest BCUT2D eigenvalue weighted by Crippen LogP contribution is -2.15. The second-order valence-corrected chi connectivity index (χ2v) is 5.77. The van der Waals surface area contributed by atoms with Crippen LogP contribution < -0.4 is 5.32 Å². The van der Waals surface area contributed by atoms with Gasteiger partial charge in [0, 0.05) is 4.47 Å². The van der Waals surface area contributed by atoms with Gasteiger partial charge < -0.3 is 14.3 Å². The number of carboxylic acid groups (broad SMARTS) is 1. The lowest BCUT2D eigenvalue weighted by atomic mass is 10.2. The molecule has 0 atom stereocenters. The number of aromatic carboxylic acids is 1. The Morgan fingerprint density at radius 1 is 1.12 bits per heavy atom. The summed E-state index contributed by atoms with van der Waals surface area (Å²) >= 11 is 3.33. The first-order valence-electron chi connectivity index (χ1n) is 6.98. The number of anilines is 1. The average Bonchev–Trinajstić information content (AvgIpc) is 2.94. The van der Waals surface area contributed by atoms with Gasteiger partial charge in [-0.25, -0.2) is 9.59 Å². The zero-order valence-corrected chi connectivity index (χ0v) is 13.9. The molecule has 0 spiro atoms. The number of fused-ring (bicyclic) bond motifs is 1. The Bertz CT molecular complexity index is 904. The van der Waals surface area contributed by atoms with E-state index >= 15 is 0 Å². The highest BCUT2D eigenvalue weighted by Crippen LogP contribution is 2.36. The molecular formula is C17H12BrNO5. The molecule has 0 bridgehead atoms. The van der Waals surface area contributed by atoms with Crippen LogP contribution in [0.15, 0.2) is 57.4 Å². The van der Waals surface area contributed by atoms with Crippen LogP contribution >= 0.6 is 15.9 Å². The van der Waals surface area contributed by atoms with Crippen molar-refractivity contribution in [3.8, 4) is 0 Å². The van der Waals surface area contributed by atoms with Crippen molar-refractivity contribution in [2.45, 2.75) is 6.61 Å². The summed E-state index contributed by atoms with van der Waals surface area (Å²) in [6, 6.07) is 14.2. The van der Waals surface area contributed by atoms with Gasteiger partial charge in [0.1, 0.15) is 17.9 Å². The number of halogens is 1. The van der Waals surface area contributed by atoms with Crippen molar-refractivity contribution in [1.29, 1.82) is 0 Å². The smallest absolute Gasteiger partial charge is 0.412 e. The summed E-state index contributed by atoms with van der Waals surface area (Å²) in [6.07, 6.45) is -0.764. The quantitative estimate of drug-likeness (QED) is 0.678. The molecule has 24 heavy (non-hydrogen) atoms. The molecule has 3 aromatic rings. The molecule has 1 heterocycles. The number of hydrogen-bond donors (Lipinski definition) is 2. The second kappa shape index (κ2) is 6.76. The van der Waals surface area contributed by atoms with Gasteiger partial charge in [0.05, 0.1) is 5.39 Å². The fraction of sp³-hybridized carbons (Fsp3) is 0.0588. The second-order valence-electron chi connectivity index (χ2n) is 4.91. The van der Waals surface area contributed by atoms with Gasteiger partial charge in [-0.1, -0.05) is 36.4 Å². The van der Waals surface area contributed by atoms with E-state index in [0.717, 1.165) is 5.56 Å². The highest BCUT2D eigenvalue weighted by atomic mass is 79.9. The van der Waals surface area contributed by atoms with Crippen molar-refractivity contribution in [1.82, 2.24) is 0 Å². The Morgan fingerprint density at radius 2 is 1.88 bits per heavy atom. The number of furan rings is 1. The first kappa shape index (κ1) is 16.1. The Kier molecular flexibility index (Phi) is 4.52. The fourth-order valence-electron chi connectivity index (χ4n) is 2.24.